The summed E-state index contributed by atoms with van der Waals surface area (Å²) >= 11 is 0. The van der Waals surface area contributed by atoms with Crippen molar-refractivity contribution < 1.29 is 18.0 Å². The number of benzene rings is 2. The number of nitrogens with one attached hydrogen (secondary N) is 1. The molecule has 0 heterocycles. The van der Waals surface area contributed by atoms with E-state index in [0.29, 0.717) is 19.5 Å². The molecule has 0 aliphatic carbocycles. The number of unbranched alkanes of at least 4 members (excludes halogenated alkanes) is 1. The predicted octanol–water partition coefficient (Wildman–Crippen LogP) is 2.99. The Morgan fingerprint density at radius 2 is 1.67 bits per heavy atom. The first-order valence-corrected chi connectivity index (χ1v) is 12.7. The molecule has 1 N–H and O–H groups in total. The molecule has 2 aromatic carbocycles. The van der Waals surface area contributed by atoms with Crippen LogP contribution in [-0.4, -0.2) is 62.2 Å². The summed E-state index contributed by atoms with van der Waals surface area (Å²) in [5.41, 5.74) is 1.98. The smallest absolute Gasteiger partial charge is 0.243 e. The van der Waals surface area contributed by atoms with E-state index in [4.69, 9.17) is 0 Å². The van der Waals surface area contributed by atoms with Crippen molar-refractivity contribution in [3.63, 3.8) is 0 Å². The normalized spacial score (nSPS) is 12.4. The maximum atomic E-state index is 13.2. The number of aryl methyl sites for hydroxylation is 1. The van der Waals surface area contributed by atoms with E-state index in [9.17, 15) is 18.0 Å². The summed E-state index contributed by atoms with van der Waals surface area (Å²) in [5, 5.41) is 2.87. The van der Waals surface area contributed by atoms with Crippen LogP contribution in [0.5, 0.6) is 0 Å². The Labute approximate surface area is 197 Å². The molecule has 7 nitrogen and oxygen atoms in total. The molecule has 1 unspecified atom stereocenters. The van der Waals surface area contributed by atoms with Gasteiger partial charge in [-0.1, -0.05) is 61.4 Å². The monoisotopic (exact) mass is 473 g/mol. The van der Waals surface area contributed by atoms with Gasteiger partial charge in [-0.3, -0.25) is 9.59 Å². The summed E-state index contributed by atoms with van der Waals surface area (Å²) in [4.78, 5) is 27.5. The summed E-state index contributed by atoms with van der Waals surface area (Å²) in [6.45, 7) is 6.10. The first-order valence-electron chi connectivity index (χ1n) is 11.3. The lowest BCUT2D eigenvalue weighted by atomic mass is 10.1. The van der Waals surface area contributed by atoms with Crippen molar-refractivity contribution in [2.75, 3.05) is 26.7 Å². The van der Waals surface area contributed by atoms with Gasteiger partial charge in [-0.2, -0.15) is 4.31 Å². The van der Waals surface area contributed by atoms with Gasteiger partial charge < -0.3 is 10.2 Å². The second kappa shape index (κ2) is 12.5. The van der Waals surface area contributed by atoms with Gasteiger partial charge in [-0.15, -0.1) is 0 Å². The number of carbonyl (C=O) groups is 2. The molecule has 0 spiro atoms. The molecule has 0 aliphatic rings. The van der Waals surface area contributed by atoms with Gasteiger partial charge >= 0.3 is 0 Å². The van der Waals surface area contributed by atoms with Crippen LogP contribution in [0.15, 0.2) is 59.5 Å². The summed E-state index contributed by atoms with van der Waals surface area (Å²) in [6.07, 6.45) is 2.37. The zero-order valence-corrected chi connectivity index (χ0v) is 20.8. The summed E-state index contributed by atoms with van der Waals surface area (Å²) in [5.74, 6) is -0.656. The molecule has 0 aromatic heterocycles. The van der Waals surface area contributed by atoms with Crippen molar-refractivity contribution >= 4 is 21.8 Å². The maximum Gasteiger partial charge on any atom is 0.243 e. The third-order valence-electron chi connectivity index (χ3n) is 5.57. The molecule has 2 rings (SSSR count). The highest BCUT2D eigenvalue weighted by atomic mass is 32.2. The fourth-order valence-corrected chi connectivity index (χ4v) is 4.48. The molecule has 8 heteroatoms. The number of nitrogens with zero attached hydrogens (tertiary/aromatic N) is 2. The molecular weight excluding hydrogens is 438 g/mol. The molecule has 0 saturated heterocycles. The molecule has 180 valence electrons. The van der Waals surface area contributed by atoms with Crippen molar-refractivity contribution in [3.05, 3.63) is 65.7 Å². The Morgan fingerprint density at radius 3 is 2.27 bits per heavy atom. The van der Waals surface area contributed by atoms with Gasteiger partial charge in [0.2, 0.25) is 21.8 Å². The summed E-state index contributed by atoms with van der Waals surface area (Å²) in [6, 6.07) is 15.5. The van der Waals surface area contributed by atoms with Crippen LogP contribution in [0.2, 0.25) is 0 Å². The number of hydrogen-bond acceptors (Lipinski definition) is 4. The average molecular weight is 474 g/mol. The Morgan fingerprint density at radius 1 is 1.03 bits per heavy atom. The number of carbonyl (C=O) groups excluding carboxylic acids is 2. The van der Waals surface area contributed by atoms with E-state index < -0.39 is 22.0 Å². The highest BCUT2D eigenvalue weighted by Crippen LogP contribution is 2.16. The van der Waals surface area contributed by atoms with E-state index in [1.165, 1.54) is 24.1 Å². The Kier molecular flexibility index (Phi) is 10.1. The first-order chi connectivity index (χ1) is 15.7. The molecule has 33 heavy (non-hydrogen) atoms. The van der Waals surface area contributed by atoms with E-state index in [-0.39, 0.29) is 17.3 Å². The Hall–Kier alpha value is -2.71. The third kappa shape index (κ3) is 7.68. The number of rotatable bonds is 12. The summed E-state index contributed by atoms with van der Waals surface area (Å²) in [7, 11) is -2.45. The number of likely N-dealkylation sites (N-methyl/N-ethyl adjacent to an activating group) is 1. The van der Waals surface area contributed by atoms with Crippen LogP contribution in [0.4, 0.5) is 0 Å². The number of amides is 2. The fraction of sp³-hybridized carbons (Fsp3) is 0.440. The van der Waals surface area contributed by atoms with Gasteiger partial charge in [0.1, 0.15) is 6.04 Å². The Balaban J connectivity index is 2.16. The minimum atomic E-state index is -3.83. The minimum absolute atomic E-state index is 0.129. The van der Waals surface area contributed by atoms with E-state index >= 15 is 0 Å². The van der Waals surface area contributed by atoms with Crippen LogP contribution in [0.1, 0.15) is 37.8 Å². The highest BCUT2D eigenvalue weighted by molar-refractivity contribution is 7.89. The van der Waals surface area contributed by atoms with Gasteiger partial charge in [-0.05, 0) is 44.4 Å². The lowest BCUT2D eigenvalue weighted by Gasteiger charge is -2.30. The van der Waals surface area contributed by atoms with Crippen molar-refractivity contribution in [3.8, 4) is 0 Å². The highest BCUT2D eigenvalue weighted by Gasteiger charge is 2.29. The van der Waals surface area contributed by atoms with Gasteiger partial charge in [0.25, 0.3) is 0 Å². The molecule has 1 atom stereocenters. The predicted molar refractivity (Wildman–Crippen MR) is 130 cm³/mol. The van der Waals surface area contributed by atoms with Gasteiger partial charge in [0.05, 0.1) is 11.4 Å². The second-order valence-electron chi connectivity index (χ2n) is 8.22. The van der Waals surface area contributed by atoms with E-state index in [1.807, 2.05) is 44.2 Å². The van der Waals surface area contributed by atoms with Gasteiger partial charge in [0, 0.05) is 20.1 Å². The van der Waals surface area contributed by atoms with E-state index in [0.717, 1.165) is 28.3 Å². The fourth-order valence-electron chi connectivity index (χ4n) is 3.36. The van der Waals surface area contributed by atoms with Crippen LogP contribution in [0.3, 0.4) is 0 Å². The molecule has 0 radical (unpaired) electrons. The standard InChI is InChI=1S/C25H35N3O4S/c1-5-6-17-26-25(30)21(3)28(18-16-22-10-8-7-9-11-22)24(29)19-27(4)33(31,32)23-14-12-20(2)13-15-23/h7-15,21H,5-6,16-19H2,1-4H3,(H,26,30). The van der Waals surface area contributed by atoms with E-state index in [1.54, 1.807) is 19.1 Å². The quantitative estimate of drug-likeness (QED) is 0.480. The average Bonchev–Trinajstić information content (AvgIpc) is 2.80. The Bertz CT molecular complexity index is 1010. The van der Waals surface area contributed by atoms with Crippen molar-refractivity contribution in [2.24, 2.45) is 0 Å². The lowest BCUT2D eigenvalue weighted by Crippen LogP contribution is -2.51. The number of sulfonamides is 1. The molecule has 0 aliphatic heterocycles. The maximum absolute atomic E-state index is 13.2. The van der Waals surface area contributed by atoms with Crippen LogP contribution in [0, 0.1) is 6.92 Å². The van der Waals surface area contributed by atoms with Crippen LogP contribution in [-0.2, 0) is 26.0 Å². The second-order valence-corrected chi connectivity index (χ2v) is 10.3. The zero-order valence-electron chi connectivity index (χ0n) is 20.0. The molecule has 0 fully saturated rings. The van der Waals surface area contributed by atoms with Crippen molar-refractivity contribution in [2.45, 2.75) is 51.0 Å². The molecule has 2 amide bonds. The topological polar surface area (TPSA) is 86.8 Å². The van der Waals surface area contributed by atoms with Crippen molar-refractivity contribution in [1.29, 1.82) is 0 Å². The first kappa shape index (κ1) is 26.5. The largest absolute Gasteiger partial charge is 0.354 e. The SMILES string of the molecule is CCCCNC(=O)C(C)N(CCc1ccccc1)C(=O)CN(C)S(=O)(=O)c1ccc(C)cc1. The molecule has 0 bridgehead atoms. The lowest BCUT2D eigenvalue weighted by molar-refractivity contribution is -0.139. The summed E-state index contributed by atoms with van der Waals surface area (Å²) < 4.78 is 26.9. The third-order valence-corrected chi connectivity index (χ3v) is 7.39. The van der Waals surface area contributed by atoms with Crippen molar-refractivity contribution in [1.82, 2.24) is 14.5 Å². The van der Waals surface area contributed by atoms with Crippen LogP contribution >= 0.6 is 0 Å². The van der Waals surface area contributed by atoms with Crippen LogP contribution in [0.25, 0.3) is 0 Å². The van der Waals surface area contributed by atoms with Gasteiger partial charge in [-0.25, -0.2) is 8.42 Å². The number of hydrogen-bond donors (Lipinski definition) is 1. The van der Waals surface area contributed by atoms with Crippen LogP contribution < -0.4 is 5.32 Å². The molecule has 2 aromatic rings. The van der Waals surface area contributed by atoms with E-state index in [2.05, 4.69) is 5.32 Å². The molecule has 0 saturated carbocycles. The minimum Gasteiger partial charge on any atom is -0.354 e. The van der Waals surface area contributed by atoms with Gasteiger partial charge in [0.15, 0.2) is 0 Å². The zero-order chi connectivity index (χ0) is 24.4. The molecular formula is C25H35N3O4S.